The summed E-state index contributed by atoms with van der Waals surface area (Å²) in [5.74, 6) is 2.35. The second kappa shape index (κ2) is 8.25. The Labute approximate surface area is 188 Å². The van der Waals surface area contributed by atoms with Crippen LogP contribution in [-0.4, -0.2) is 40.4 Å². The summed E-state index contributed by atoms with van der Waals surface area (Å²) >= 11 is 0. The maximum absolute atomic E-state index is 13.9. The lowest BCUT2D eigenvalue weighted by atomic mass is 9.55. The quantitative estimate of drug-likeness (QED) is 0.526. The molecule has 0 aromatic carbocycles. The van der Waals surface area contributed by atoms with Crippen LogP contribution >= 0.6 is 0 Å². The van der Waals surface area contributed by atoms with Crippen molar-refractivity contribution >= 4 is 5.78 Å². The summed E-state index contributed by atoms with van der Waals surface area (Å²) in [6.45, 7) is 11.6. The molecule has 4 heteroatoms. The minimum atomic E-state index is -0.512. The second-order valence-corrected chi connectivity index (χ2v) is 12.1. The first-order valence-corrected chi connectivity index (χ1v) is 12.8. The Bertz CT molecular complexity index is 729. The summed E-state index contributed by atoms with van der Waals surface area (Å²) in [5, 5.41) is 20.2. The van der Waals surface area contributed by atoms with E-state index in [9.17, 15) is 15.0 Å². The number of ketones is 1. The van der Waals surface area contributed by atoms with E-state index in [4.69, 9.17) is 4.74 Å². The van der Waals surface area contributed by atoms with Crippen LogP contribution in [0.1, 0.15) is 92.4 Å². The second-order valence-electron chi connectivity index (χ2n) is 12.1. The molecule has 2 saturated carbocycles. The van der Waals surface area contributed by atoms with E-state index in [1.165, 1.54) is 19.3 Å². The van der Waals surface area contributed by atoms with Gasteiger partial charge >= 0.3 is 0 Å². The SMILES string of the molecule is CC(C)CCCC(C)C1CCC(C2=CC3OC34CC(O)CCC4(C)C2=O)C1(C)CCO. The van der Waals surface area contributed by atoms with Gasteiger partial charge in [0.1, 0.15) is 11.7 Å². The zero-order valence-electron chi connectivity index (χ0n) is 20.3. The first-order valence-electron chi connectivity index (χ1n) is 12.8. The smallest absolute Gasteiger partial charge is 0.167 e. The molecular formula is C27H44O4. The number of hydrogen-bond donors (Lipinski definition) is 2. The fourth-order valence-corrected chi connectivity index (χ4v) is 7.81. The Morgan fingerprint density at radius 3 is 2.58 bits per heavy atom. The van der Waals surface area contributed by atoms with Crippen LogP contribution in [0.3, 0.4) is 0 Å². The fraction of sp³-hybridized carbons (Fsp3) is 0.889. The van der Waals surface area contributed by atoms with Gasteiger partial charge in [0.05, 0.1) is 11.5 Å². The molecule has 1 spiro atoms. The lowest BCUT2D eigenvalue weighted by Crippen LogP contribution is -2.53. The highest BCUT2D eigenvalue weighted by Crippen LogP contribution is 2.65. The number of hydrogen-bond acceptors (Lipinski definition) is 4. The minimum absolute atomic E-state index is 0.0268. The van der Waals surface area contributed by atoms with Gasteiger partial charge < -0.3 is 14.9 Å². The van der Waals surface area contributed by atoms with E-state index in [-0.39, 0.29) is 35.9 Å². The van der Waals surface area contributed by atoms with Gasteiger partial charge in [0.2, 0.25) is 0 Å². The van der Waals surface area contributed by atoms with Gasteiger partial charge in [-0.3, -0.25) is 4.79 Å². The highest BCUT2D eigenvalue weighted by Gasteiger charge is 2.73. The van der Waals surface area contributed by atoms with E-state index in [2.05, 4.69) is 40.7 Å². The molecule has 4 rings (SSSR count). The normalized spacial score (nSPS) is 45.3. The fourth-order valence-electron chi connectivity index (χ4n) is 7.81. The van der Waals surface area contributed by atoms with Crippen molar-refractivity contribution in [1.82, 2.24) is 0 Å². The summed E-state index contributed by atoms with van der Waals surface area (Å²) in [5.41, 5.74) is -0.0553. The van der Waals surface area contributed by atoms with Gasteiger partial charge in [0.25, 0.3) is 0 Å². The van der Waals surface area contributed by atoms with Crippen molar-refractivity contribution < 1.29 is 19.7 Å². The standard InChI is InChI=1S/C27H44O4/c1-17(2)7-6-8-18(3)21-9-10-22(25(21,4)13-14-28)20-15-23-27(31-23)16-19(29)11-12-26(27,5)24(20)30/h15,17-19,21-23,28-29H,6-14,16H2,1-5H3. The molecule has 0 aromatic rings. The zero-order chi connectivity index (χ0) is 22.6. The van der Waals surface area contributed by atoms with Crippen LogP contribution in [-0.2, 0) is 9.53 Å². The molecule has 3 fully saturated rings. The van der Waals surface area contributed by atoms with Crippen molar-refractivity contribution in [3.63, 3.8) is 0 Å². The molecule has 8 atom stereocenters. The average molecular weight is 433 g/mol. The van der Waals surface area contributed by atoms with E-state index in [0.717, 1.165) is 30.8 Å². The number of ether oxygens (including phenoxy) is 1. The van der Waals surface area contributed by atoms with Crippen LogP contribution < -0.4 is 0 Å². The third-order valence-corrected chi connectivity index (χ3v) is 9.85. The molecule has 3 aliphatic carbocycles. The van der Waals surface area contributed by atoms with Crippen LogP contribution in [0.25, 0.3) is 0 Å². The van der Waals surface area contributed by atoms with Gasteiger partial charge in [-0.15, -0.1) is 0 Å². The van der Waals surface area contributed by atoms with E-state index < -0.39 is 11.0 Å². The minimum Gasteiger partial charge on any atom is -0.396 e. The third kappa shape index (κ3) is 3.65. The highest BCUT2D eigenvalue weighted by molar-refractivity contribution is 6.03. The summed E-state index contributed by atoms with van der Waals surface area (Å²) in [7, 11) is 0. The largest absolute Gasteiger partial charge is 0.396 e. The van der Waals surface area contributed by atoms with Gasteiger partial charge in [0.15, 0.2) is 5.78 Å². The van der Waals surface area contributed by atoms with E-state index in [1.54, 1.807) is 0 Å². The number of epoxide rings is 1. The third-order valence-electron chi connectivity index (χ3n) is 9.85. The summed E-state index contributed by atoms with van der Waals surface area (Å²) in [6.07, 6.45) is 10.4. The van der Waals surface area contributed by atoms with Crippen molar-refractivity contribution in [2.24, 2.45) is 34.5 Å². The van der Waals surface area contributed by atoms with E-state index in [1.807, 2.05) is 0 Å². The summed E-state index contributed by atoms with van der Waals surface area (Å²) in [4.78, 5) is 13.9. The first kappa shape index (κ1) is 23.4. The molecule has 1 aliphatic heterocycles. The summed E-state index contributed by atoms with van der Waals surface area (Å²) in [6, 6.07) is 0. The number of allylic oxidation sites excluding steroid dienone is 1. The molecule has 8 unspecified atom stereocenters. The van der Waals surface area contributed by atoms with Crippen molar-refractivity contribution in [1.29, 1.82) is 0 Å². The van der Waals surface area contributed by atoms with E-state index >= 15 is 0 Å². The molecule has 0 bridgehead atoms. The molecule has 4 nitrogen and oxygen atoms in total. The maximum atomic E-state index is 13.9. The van der Waals surface area contributed by atoms with Gasteiger partial charge in [-0.05, 0) is 79.8 Å². The Hall–Kier alpha value is -0.710. The van der Waals surface area contributed by atoms with Gasteiger partial charge in [0, 0.05) is 13.0 Å². The number of aliphatic hydroxyl groups excluding tert-OH is 2. The molecular weight excluding hydrogens is 388 g/mol. The Balaban J connectivity index is 1.58. The molecule has 31 heavy (non-hydrogen) atoms. The summed E-state index contributed by atoms with van der Waals surface area (Å²) < 4.78 is 6.17. The average Bonchev–Trinajstić information content (AvgIpc) is 3.29. The molecule has 0 aromatic heterocycles. The number of rotatable bonds is 8. The number of carbonyl (C=O) groups excluding carboxylic acids is 1. The van der Waals surface area contributed by atoms with Crippen LogP contribution in [0.4, 0.5) is 0 Å². The number of Topliss-reactive ketones (excluding diaryl/α,β-unsaturated/α-hetero) is 1. The van der Waals surface area contributed by atoms with Gasteiger partial charge in [-0.2, -0.15) is 0 Å². The maximum Gasteiger partial charge on any atom is 0.167 e. The molecule has 1 heterocycles. The highest BCUT2D eigenvalue weighted by atomic mass is 16.6. The predicted molar refractivity (Wildman–Crippen MR) is 123 cm³/mol. The lowest BCUT2D eigenvalue weighted by Gasteiger charge is -2.46. The van der Waals surface area contributed by atoms with Crippen molar-refractivity contribution in [3.8, 4) is 0 Å². The van der Waals surface area contributed by atoms with Crippen molar-refractivity contribution in [3.05, 3.63) is 11.6 Å². The van der Waals surface area contributed by atoms with Crippen LogP contribution in [0.2, 0.25) is 0 Å². The predicted octanol–water partition coefficient (Wildman–Crippen LogP) is 5.06. The monoisotopic (exact) mass is 432 g/mol. The molecule has 0 amide bonds. The number of aliphatic hydroxyl groups is 2. The Kier molecular flexibility index (Phi) is 6.24. The van der Waals surface area contributed by atoms with Gasteiger partial charge in [-0.1, -0.05) is 47.0 Å². The molecule has 4 aliphatic rings. The van der Waals surface area contributed by atoms with Gasteiger partial charge in [-0.25, -0.2) is 0 Å². The van der Waals surface area contributed by atoms with Crippen LogP contribution in [0.5, 0.6) is 0 Å². The molecule has 1 saturated heterocycles. The van der Waals surface area contributed by atoms with Crippen molar-refractivity contribution in [2.45, 2.75) is 110 Å². The first-order chi connectivity index (χ1) is 14.6. The zero-order valence-corrected chi connectivity index (χ0v) is 20.3. The molecule has 0 radical (unpaired) electrons. The molecule has 2 N–H and O–H groups in total. The Morgan fingerprint density at radius 2 is 1.90 bits per heavy atom. The van der Waals surface area contributed by atoms with Crippen LogP contribution in [0, 0.1) is 34.5 Å². The molecule has 176 valence electrons. The Morgan fingerprint density at radius 1 is 1.16 bits per heavy atom. The topological polar surface area (TPSA) is 70.1 Å². The van der Waals surface area contributed by atoms with E-state index in [0.29, 0.717) is 31.1 Å². The number of carbonyl (C=O) groups is 1. The van der Waals surface area contributed by atoms with Crippen LogP contribution in [0.15, 0.2) is 11.6 Å². The lowest BCUT2D eigenvalue weighted by molar-refractivity contribution is -0.134. The van der Waals surface area contributed by atoms with Crippen molar-refractivity contribution in [2.75, 3.05) is 6.61 Å².